The van der Waals surface area contributed by atoms with Crippen LogP contribution in [0.1, 0.15) is 42.0 Å². The SMILES string of the molecule is COCCN1CCCCC(N)C1c1cccc(C)c1C. The first-order valence-electron chi connectivity index (χ1n) is 7.70. The Labute approximate surface area is 123 Å². The molecule has 0 bridgehead atoms. The molecule has 3 heteroatoms. The highest BCUT2D eigenvalue weighted by Gasteiger charge is 2.29. The Morgan fingerprint density at radius 3 is 2.85 bits per heavy atom. The lowest BCUT2D eigenvalue weighted by Gasteiger charge is -2.35. The van der Waals surface area contributed by atoms with Crippen LogP contribution in [0.4, 0.5) is 0 Å². The number of nitrogens with two attached hydrogens (primary N) is 1. The third-order valence-corrected chi connectivity index (χ3v) is 4.58. The zero-order chi connectivity index (χ0) is 14.5. The predicted octanol–water partition coefficient (Wildman–Crippen LogP) is 2.80. The highest BCUT2D eigenvalue weighted by atomic mass is 16.5. The molecule has 1 aromatic carbocycles. The first-order valence-corrected chi connectivity index (χ1v) is 7.70. The number of aryl methyl sites for hydroxylation is 1. The summed E-state index contributed by atoms with van der Waals surface area (Å²) in [5.74, 6) is 0. The number of likely N-dealkylation sites (tertiary alicyclic amines) is 1. The van der Waals surface area contributed by atoms with Gasteiger partial charge in [0.15, 0.2) is 0 Å². The van der Waals surface area contributed by atoms with E-state index in [0.29, 0.717) is 6.04 Å². The molecule has 0 aliphatic carbocycles. The van der Waals surface area contributed by atoms with Gasteiger partial charge in [0, 0.05) is 19.7 Å². The molecule has 1 aromatic rings. The molecule has 2 N–H and O–H groups in total. The van der Waals surface area contributed by atoms with E-state index < -0.39 is 0 Å². The van der Waals surface area contributed by atoms with Gasteiger partial charge in [-0.15, -0.1) is 0 Å². The minimum atomic E-state index is 0.217. The van der Waals surface area contributed by atoms with E-state index in [1.54, 1.807) is 7.11 Å². The Hall–Kier alpha value is -0.900. The van der Waals surface area contributed by atoms with Gasteiger partial charge < -0.3 is 10.5 Å². The average molecular weight is 276 g/mol. The molecule has 1 saturated heterocycles. The van der Waals surface area contributed by atoms with Crippen LogP contribution < -0.4 is 5.73 Å². The molecule has 20 heavy (non-hydrogen) atoms. The maximum absolute atomic E-state index is 6.51. The van der Waals surface area contributed by atoms with Gasteiger partial charge in [-0.05, 0) is 49.9 Å². The molecule has 2 unspecified atom stereocenters. The van der Waals surface area contributed by atoms with Crippen LogP contribution in [0.15, 0.2) is 18.2 Å². The molecular formula is C17H28N2O. The third-order valence-electron chi connectivity index (χ3n) is 4.58. The van der Waals surface area contributed by atoms with Gasteiger partial charge in [0.05, 0.1) is 12.6 Å². The van der Waals surface area contributed by atoms with Crippen LogP contribution in [0.5, 0.6) is 0 Å². The van der Waals surface area contributed by atoms with Crippen molar-refractivity contribution < 1.29 is 4.74 Å². The summed E-state index contributed by atoms with van der Waals surface area (Å²) in [5.41, 5.74) is 10.6. The van der Waals surface area contributed by atoms with Gasteiger partial charge in [-0.2, -0.15) is 0 Å². The summed E-state index contributed by atoms with van der Waals surface area (Å²) in [7, 11) is 1.77. The summed E-state index contributed by atoms with van der Waals surface area (Å²) in [5, 5.41) is 0. The highest BCUT2D eigenvalue weighted by molar-refractivity contribution is 5.36. The largest absolute Gasteiger partial charge is 0.383 e. The summed E-state index contributed by atoms with van der Waals surface area (Å²) in [4.78, 5) is 2.52. The lowest BCUT2D eigenvalue weighted by Crippen LogP contribution is -2.41. The first-order chi connectivity index (χ1) is 9.65. The van der Waals surface area contributed by atoms with Crippen LogP contribution in [0.3, 0.4) is 0 Å². The van der Waals surface area contributed by atoms with Crippen molar-refractivity contribution in [3.05, 3.63) is 34.9 Å². The van der Waals surface area contributed by atoms with Gasteiger partial charge in [0.25, 0.3) is 0 Å². The molecule has 2 rings (SSSR count). The Kier molecular flexibility index (Phi) is 5.58. The summed E-state index contributed by atoms with van der Waals surface area (Å²) in [6.07, 6.45) is 3.58. The number of nitrogens with zero attached hydrogens (tertiary/aromatic N) is 1. The van der Waals surface area contributed by atoms with Gasteiger partial charge in [-0.25, -0.2) is 0 Å². The minimum absolute atomic E-state index is 0.217. The fraction of sp³-hybridized carbons (Fsp3) is 0.647. The van der Waals surface area contributed by atoms with E-state index >= 15 is 0 Å². The normalized spacial score (nSPS) is 24.6. The van der Waals surface area contributed by atoms with E-state index in [9.17, 15) is 0 Å². The number of rotatable bonds is 4. The predicted molar refractivity (Wildman–Crippen MR) is 83.9 cm³/mol. The minimum Gasteiger partial charge on any atom is -0.383 e. The van der Waals surface area contributed by atoms with E-state index in [-0.39, 0.29) is 6.04 Å². The molecule has 0 saturated carbocycles. The summed E-state index contributed by atoms with van der Waals surface area (Å²) in [6, 6.07) is 7.13. The number of hydrogen-bond acceptors (Lipinski definition) is 3. The van der Waals surface area contributed by atoms with Crippen molar-refractivity contribution in [2.75, 3.05) is 26.8 Å². The topological polar surface area (TPSA) is 38.5 Å². The molecule has 1 aliphatic heterocycles. The number of hydrogen-bond donors (Lipinski definition) is 1. The summed E-state index contributed by atoms with van der Waals surface area (Å²) >= 11 is 0. The van der Waals surface area contributed by atoms with Crippen LogP contribution in [-0.2, 0) is 4.74 Å². The molecular weight excluding hydrogens is 248 g/mol. The second-order valence-electron chi connectivity index (χ2n) is 5.92. The Bertz CT molecular complexity index is 433. The second-order valence-corrected chi connectivity index (χ2v) is 5.92. The maximum atomic E-state index is 6.51. The maximum Gasteiger partial charge on any atom is 0.0589 e. The highest BCUT2D eigenvalue weighted by Crippen LogP contribution is 2.32. The van der Waals surface area contributed by atoms with E-state index in [2.05, 4.69) is 36.9 Å². The van der Waals surface area contributed by atoms with Crippen LogP contribution in [0, 0.1) is 13.8 Å². The zero-order valence-electron chi connectivity index (χ0n) is 13.1. The van der Waals surface area contributed by atoms with Gasteiger partial charge in [-0.1, -0.05) is 24.6 Å². The van der Waals surface area contributed by atoms with Gasteiger partial charge in [0.1, 0.15) is 0 Å². The van der Waals surface area contributed by atoms with Crippen molar-refractivity contribution in [1.82, 2.24) is 4.90 Å². The average Bonchev–Trinajstić information content (AvgIpc) is 2.62. The molecule has 0 radical (unpaired) electrons. The summed E-state index contributed by atoms with van der Waals surface area (Å²) in [6.45, 7) is 7.25. The molecule has 0 spiro atoms. The zero-order valence-corrected chi connectivity index (χ0v) is 13.1. The first kappa shape index (κ1) is 15.5. The monoisotopic (exact) mass is 276 g/mol. The second kappa shape index (κ2) is 7.21. The van der Waals surface area contributed by atoms with Gasteiger partial charge in [-0.3, -0.25) is 4.90 Å². The van der Waals surface area contributed by atoms with E-state index in [1.807, 2.05) is 0 Å². The van der Waals surface area contributed by atoms with Crippen molar-refractivity contribution in [1.29, 1.82) is 0 Å². The van der Waals surface area contributed by atoms with E-state index in [1.165, 1.54) is 29.5 Å². The fourth-order valence-electron chi connectivity index (χ4n) is 3.24. The fourth-order valence-corrected chi connectivity index (χ4v) is 3.24. The molecule has 1 heterocycles. The number of methoxy groups -OCH3 is 1. The van der Waals surface area contributed by atoms with Crippen LogP contribution in [0.2, 0.25) is 0 Å². The molecule has 2 atom stereocenters. The Morgan fingerprint density at radius 2 is 2.10 bits per heavy atom. The molecule has 3 nitrogen and oxygen atoms in total. The smallest absolute Gasteiger partial charge is 0.0589 e. The molecule has 112 valence electrons. The van der Waals surface area contributed by atoms with Crippen LogP contribution in [0.25, 0.3) is 0 Å². The van der Waals surface area contributed by atoms with E-state index in [4.69, 9.17) is 10.5 Å². The molecule has 1 aliphatic rings. The van der Waals surface area contributed by atoms with Crippen molar-refractivity contribution in [2.24, 2.45) is 5.73 Å². The number of ether oxygens (including phenoxy) is 1. The third kappa shape index (κ3) is 3.40. The Morgan fingerprint density at radius 1 is 1.30 bits per heavy atom. The lowest BCUT2D eigenvalue weighted by atomic mass is 9.91. The van der Waals surface area contributed by atoms with E-state index in [0.717, 1.165) is 26.1 Å². The van der Waals surface area contributed by atoms with Crippen LogP contribution >= 0.6 is 0 Å². The molecule has 0 aromatic heterocycles. The van der Waals surface area contributed by atoms with Crippen molar-refractivity contribution in [3.8, 4) is 0 Å². The molecule has 1 fully saturated rings. The van der Waals surface area contributed by atoms with Gasteiger partial charge in [0.2, 0.25) is 0 Å². The van der Waals surface area contributed by atoms with Gasteiger partial charge >= 0.3 is 0 Å². The lowest BCUT2D eigenvalue weighted by molar-refractivity contribution is 0.114. The van der Waals surface area contributed by atoms with Crippen molar-refractivity contribution in [3.63, 3.8) is 0 Å². The standard InChI is InChI=1S/C17H28N2O/c1-13-7-6-8-15(14(13)2)17-16(18)9-4-5-10-19(17)11-12-20-3/h6-8,16-17H,4-5,9-12,18H2,1-3H3. The van der Waals surface area contributed by atoms with Crippen molar-refractivity contribution >= 4 is 0 Å². The summed E-state index contributed by atoms with van der Waals surface area (Å²) < 4.78 is 5.28. The van der Waals surface area contributed by atoms with Crippen LogP contribution in [-0.4, -0.2) is 37.7 Å². The number of benzene rings is 1. The molecule has 0 amide bonds. The Balaban J connectivity index is 2.32. The van der Waals surface area contributed by atoms with Crippen molar-refractivity contribution in [2.45, 2.75) is 45.2 Å². The quantitative estimate of drug-likeness (QED) is 0.919.